The van der Waals surface area contributed by atoms with Crippen molar-refractivity contribution < 1.29 is 0 Å². The van der Waals surface area contributed by atoms with Crippen molar-refractivity contribution in [2.75, 3.05) is 10.6 Å². The average Bonchev–Trinajstić information content (AvgIpc) is 2.81. The largest absolute Gasteiger partial charge is 0.334 e. The Labute approximate surface area is 150 Å². The zero-order chi connectivity index (χ0) is 16.9. The number of nitrogens with one attached hydrogen (secondary N) is 2. The first-order valence-electron chi connectivity index (χ1n) is 7.95. The molecule has 0 saturated heterocycles. The Morgan fingerprint density at radius 2 is 0.920 bits per heavy atom. The third kappa shape index (κ3) is 3.89. The molecule has 0 radical (unpaired) electrons. The molecule has 0 saturated carbocycles. The summed E-state index contributed by atoms with van der Waals surface area (Å²) in [6, 6.07) is 27.9. The quantitative estimate of drug-likeness (QED) is 0.633. The summed E-state index contributed by atoms with van der Waals surface area (Å²) < 4.78 is 0. The van der Waals surface area contributed by atoms with Crippen molar-refractivity contribution in [3.8, 4) is 0 Å². The van der Waals surface area contributed by atoms with E-state index < -0.39 is 0 Å². The smallest absolute Gasteiger partial charge is 0.174 e. The first-order valence-corrected chi connectivity index (χ1v) is 8.77. The molecule has 122 valence electrons. The first-order chi connectivity index (χ1) is 12.4. The summed E-state index contributed by atoms with van der Waals surface area (Å²) in [6.07, 6.45) is 0. The minimum atomic E-state index is 0.776. The summed E-state index contributed by atoms with van der Waals surface area (Å²) in [5.74, 6) is 0. The van der Waals surface area contributed by atoms with Crippen molar-refractivity contribution in [1.82, 2.24) is 0 Å². The molecule has 0 aromatic heterocycles. The first kappa shape index (κ1) is 15.5. The van der Waals surface area contributed by atoms with Crippen molar-refractivity contribution in [2.45, 2.75) is 0 Å². The molecule has 3 aromatic carbocycles. The molecule has 0 amide bonds. The third-order valence-electron chi connectivity index (χ3n) is 3.57. The Morgan fingerprint density at radius 3 is 1.36 bits per heavy atom. The van der Waals surface area contributed by atoms with Crippen molar-refractivity contribution in [2.24, 2.45) is 9.98 Å². The summed E-state index contributed by atoms with van der Waals surface area (Å²) in [5.41, 5.74) is 3.68. The maximum atomic E-state index is 4.74. The van der Waals surface area contributed by atoms with Crippen molar-refractivity contribution in [1.29, 1.82) is 0 Å². The number of hydrogen-bond acceptors (Lipinski definition) is 5. The van der Waals surface area contributed by atoms with Gasteiger partial charge in [-0.05, 0) is 48.2 Å². The highest BCUT2D eigenvalue weighted by molar-refractivity contribution is 8.27. The van der Waals surface area contributed by atoms with Gasteiger partial charge >= 0.3 is 0 Å². The molecule has 0 fully saturated rings. The van der Waals surface area contributed by atoms with Gasteiger partial charge in [-0.15, -0.1) is 0 Å². The highest BCUT2D eigenvalue weighted by atomic mass is 32.2. The summed E-state index contributed by atoms with van der Waals surface area (Å²) in [5, 5.41) is 8.29. The molecule has 0 unspecified atom stereocenters. The normalized spacial score (nSPS) is 13.1. The standard InChI is InChI=1S/C20H16N4S/c1-3-9-15(10-4-1)21-19-23-17-13-7-8-14-18(17)24-20(25-19)22-16-11-5-2-6-12-16/h1-14H,(H,21,23)(H,22,24). The molecule has 0 aliphatic carbocycles. The van der Waals surface area contributed by atoms with Crippen LogP contribution in [0.25, 0.3) is 0 Å². The van der Waals surface area contributed by atoms with Gasteiger partial charge in [0.25, 0.3) is 0 Å². The Balaban J connectivity index is 1.67. The minimum Gasteiger partial charge on any atom is -0.334 e. The van der Waals surface area contributed by atoms with Gasteiger partial charge in [-0.25, -0.2) is 9.98 Å². The Bertz CT molecular complexity index is 844. The Morgan fingerprint density at radius 1 is 0.520 bits per heavy atom. The van der Waals surface area contributed by atoms with Gasteiger partial charge < -0.3 is 10.6 Å². The Hall–Kier alpha value is -3.05. The van der Waals surface area contributed by atoms with E-state index in [0.717, 1.165) is 33.1 Å². The average molecular weight is 344 g/mol. The fraction of sp³-hybridized carbons (Fsp3) is 0. The van der Waals surface area contributed by atoms with Crippen molar-refractivity contribution in [3.63, 3.8) is 0 Å². The highest BCUT2D eigenvalue weighted by Gasteiger charge is 2.14. The molecule has 1 heterocycles. The Kier molecular flexibility index (Phi) is 4.48. The number of hydrogen-bond donors (Lipinski definition) is 2. The van der Waals surface area contributed by atoms with Crippen molar-refractivity contribution >= 4 is 44.8 Å². The molecule has 0 bridgehead atoms. The fourth-order valence-corrected chi connectivity index (χ4v) is 3.22. The molecular weight excluding hydrogens is 328 g/mol. The number of rotatable bonds is 2. The zero-order valence-electron chi connectivity index (χ0n) is 13.4. The second kappa shape index (κ2) is 7.23. The predicted molar refractivity (Wildman–Crippen MR) is 108 cm³/mol. The van der Waals surface area contributed by atoms with E-state index in [4.69, 9.17) is 9.98 Å². The summed E-state index contributed by atoms with van der Waals surface area (Å²) >= 11 is 1.48. The van der Waals surface area contributed by atoms with E-state index in [0.29, 0.717) is 0 Å². The molecule has 5 heteroatoms. The highest BCUT2D eigenvalue weighted by Crippen LogP contribution is 2.33. The number of nitrogens with zero attached hydrogens (tertiary/aromatic N) is 2. The van der Waals surface area contributed by atoms with Gasteiger partial charge in [0.1, 0.15) is 0 Å². The van der Waals surface area contributed by atoms with E-state index in [1.165, 1.54) is 11.8 Å². The monoisotopic (exact) mass is 344 g/mol. The van der Waals surface area contributed by atoms with Gasteiger partial charge in [0, 0.05) is 11.4 Å². The van der Waals surface area contributed by atoms with Crippen LogP contribution in [0.5, 0.6) is 0 Å². The maximum Gasteiger partial charge on any atom is 0.174 e. The van der Waals surface area contributed by atoms with Gasteiger partial charge in [-0.2, -0.15) is 0 Å². The van der Waals surface area contributed by atoms with E-state index in [1.807, 2.05) is 84.9 Å². The lowest BCUT2D eigenvalue weighted by atomic mass is 10.3. The van der Waals surface area contributed by atoms with E-state index in [9.17, 15) is 0 Å². The number of amidine groups is 2. The lowest BCUT2D eigenvalue weighted by Gasteiger charge is -2.11. The number of fused-ring (bicyclic) bond motifs is 1. The van der Waals surface area contributed by atoms with Gasteiger partial charge in [-0.3, -0.25) is 0 Å². The molecule has 0 atom stereocenters. The lowest BCUT2D eigenvalue weighted by Crippen LogP contribution is -2.15. The van der Waals surface area contributed by atoms with E-state index in [1.54, 1.807) is 0 Å². The number of anilines is 2. The fourth-order valence-electron chi connectivity index (χ4n) is 2.41. The SMILES string of the molecule is c1ccc(NC2=Nc3ccccc3N=C(Nc3ccccc3)S2)cc1. The lowest BCUT2D eigenvalue weighted by molar-refractivity contribution is 1.45. The van der Waals surface area contributed by atoms with Crippen LogP contribution in [0.3, 0.4) is 0 Å². The van der Waals surface area contributed by atoms with E-state index >= 15 is 0 Å². The number of para-hydroxylation sites is 4. The third-order valence-corrected chi connectivity index (χ3v) is 4.34. The molecule has 0 spiro atoms. The summed E-state index contributed by atoms with van der Waals surface area (Å²) in [4.78, 5) is 9.48. The molecular formula is C20H16N4S. The van der Waals surface area contributed by atoms with Gasteiger partial charge in [-0.1, -0.05) is 48.5 Å². The van der Waals surface area contributed by atoms with Crippen LogP contribution in [-0.2, 0) is 0 Å². The molecule has 4 rings (SSSR count). The number of benzene rings is 3. The van der Waals surface area contributed by atoms with Crippen LogP contribution in [0.4, 0.5) is 22.7 Å². The molecule has 4 nitrogen and oxygen atoms in total. The van der Waals surface area contributed by atoms with E-state index in [-0.39, 0.29) is 0 Å². The van der Waals surface area contributed by atoms with Crippen LogP contribution < -0.4 is 10.6 Å². The zero-order valence-corrected chi connectivity index (χ0v) is 14.2. The van der Waals surface area contributed by atoms with Crippen molar-refractivity contribution in [3.05, 3.63) is 84.9 Å². The second-order valence-electron chi connectivity index (χ2n) is 5.41. The van der Waals surface area contributed by atoms with Gasteiger partial charge in [0.15, 0.2) is 10.3 Å². The number of thioether (sulfide) groups is 1. The van der Waals surface area contributed by atoms with Crippen LogP contribution in [-0.4, -0.2) is 10.3 Å². The van der Waals surface area contributed by atoms with Crippen LogP contribution in [0.2, 0.25) is 0 Å². The second-order valence-corrected chi connectivity index (χ2v) is 6.38. The van der Waals surface area contributed by atoms with Crippen LogP contribution >= 0.6 is 11.8 Å². The summed E-state index contributed by atoms with van der Waals surface area (Å²) in [6.45, 7) is 0. The predicted octanol–water partition coefficient (Wildman–Crippen LogP) is 5.63. The maximum absolute atomic E-state index is 4.74. The summed E-state index contributed by atoms with van der Waals surface area (Å²) in [7, 11) is 0. The topological polar surface area (TPSA) is 48.8 Å². The molecule has 1 aliphatic rings. The van der Waals surface area contributed by atoms with Gasteiger partial charge in [0.05, 0.1) is 11.4 Å². The molecule has 25 heavy (non-hydrogen) atoms. The molecule has 3 aromatic rings. The van der Waals surface area contributed by atoms with E-state index in [2.05, 4.69) is 10.6 Å². The van der Waals surface area contributed by atoms with Gasteiger partial charge in [0.2, 0.25) is 0 Å². The molecule has 1 aliphatic heterocycles. The van der Waals surface area contributed by atoms with Crippen LogP contribution in [0.1, 0.15) is 0 Å². The minimum absolute atomic E-state index is 0.776. The van der Waals surface area contributed by atoms with Crippen LogP contribution in [0, 0.1) is 0 Å². The number of aliphatic imine (C=N–C) groups is 2. The van der Waals surface area contributed by atoms with Crippen LogP contribution in [0.15, 0.2) is 94.9 Å². The molecule has 2 N–H and O–H groups in total.